The molecule has 0 spiro atoms. The van der Waals surface area contributed by atoms with Gasteiger partial charge in [-0.15, -0.1) is 0 Å². The van der Waals surface area contributed by atoms with E-state index < -0.39 is 0 Å². The summed E-state index contributed by atoms with van der Waals surface area (Å²) in [4.78, 5) is 24.7. The van der Waals surface area contributed by atoms with Gasteiger partial charge in [-0.25, -0.2) is 0 Å². The summed E-state index contributed by atoms with van der Waals surface area (Å²) in [6, 6.07) is 6.76. The van der Waals surface area contributed by atoms with Gasteiger partial charge in [-0.2, -0.15) is 5.26 Å². The van der Waals surface area contributed by atoms with E-state index in [4.69, 9.17) is 5.26 Å². The van der Waals surface area contributed by atoms with E-state index in [0.29, 0.717) is 5.69 Å². The predicted octanol–water partition coefficient (Wildman–Crippen LogP) is 0.582. The van der Waals surface area contributed by atoms with Gasteiger partial charge in [0, 0.05) is 7.05 Å². The summed E-state index contributed by atoms with van der Waals surface area (Å²) in [6.45, 7) is -0.00161. The molecule has 0 saturated carbocycles. The molecular formula is C11H9N3O2. The van der Waals surface area contributed by atoms with Gasteiger partial charge in [0.1, 0.15) is 6.07 Å². The number of anilines is 1. The fourth-order valence-electron chi connectivity index (χ4n) is 1.65. The van der Waals surface area contributed by atoms with Crippen molar-refractivity contribution >= 4 is 17.5 Å². The van der Waals surface area contributed by atoms with Crippen LogP contribution in [0.4, 0.5) is 5.69 Å². The first-order chi connectivity index (χ1) is 7.63. The highest BCUT2D eigenvalue weighted by Crippen LogP contribution is 2.23. The van der Waals surface area contributed by atoms with E-state index in [1.54, 1.807) is 18.2 Å². The normalized spacial score (nSPS) is 14.9. The lowest BCUT2D eigenvalue weighted by molar-refractivity contribution is -0.116. The van der Waals surface area contributed by atoms with Gasteiger partial charge in [0.15, 0.2) is 0 Å². The summed E-state index contributed by atoms with van der Waals surface area (Å²) in [6.07, 6.45) is 0. The van der Waals surface area contributed by atoms with Crippen LogP contribution >= 0.6 is 0 Å². The first kappa shape index (κ1) is 10.2. The Morgan fingerprint density at radius 2 is 2.19 bits per heavy atom. The first-order valence-corrected chi connectivity index (χ1v) is 4.72. The molecule has 1 aromatic rings. The number of rotatable bonds is 0. The number of nitrogens with one attached hydrogen (secondary N) is 1. The monoisotopic (exact) mass is 215 g/mol. The fraction of sp³-hybridized carbons (Fsp3) is 0.182. The molecule has 0 radical (unpaired) electrons. The lowest BCUT2D eigenvalue weighted by Gasteiger charge is -2.12. The van der Waals surface area contributed by atoms with Crippen molar-refractivity contribution in [3.63, 3.8) is 0 Å². The molecule has 0 atom stereocenters. The molecule has 16 heavy (non-hydrogen) atoms. The Morgan fingerprint density at radius 1 is 1.44 bits per heavy atom. The third-order valence-electron chi connectivity index (χ3n) is 2.40. The van der Waals surface area contributed by atoms with Crippen molar-refractivity contribution in [3.8, 4) is 6.07 Å². The van der Waals surface area contributed by atoms with E-state index >= 15 is 0 Å². The molecule has 5 heteroatoms. The number of amides is 2. The van der Waals surface area contributed by atoms with Crippen LogP contribution in [-0.2, 0) is 4.79 Å². The number of hydrogen-bond donors (Lipinski definition) is 1. The lowest BCUT2D eigenvalue weighted by Crippen LogP contribution is -2.31. The van der Waals surface area contributed by atoms with Gasteiger partial charge in [-0.05, 0) is 12.1 Å². The third-order valence-corrected chi connectivity index (χ3v) is 2.40. The van der Waals surface area contributed by atoms with Gasteiger partial charge in [0.25, 0.3) is 5.91 Å². The van der Waals surface area contributed by atoms with Gasteiger partial charge in [-0.1, -0.05) is 6.07 Å². The molecule has 0 aliphatic carbocycles. The maximum Gasteiger partial charge on any atom is 0.257 e. The van der Waals surface area contributed by atoms with Gasteiger partial charge < -0.3 is 10.2 Å². The van der Waals surface area contributed by atoms with Crippen LogP contribution in [0.1, 0.15) is 15.9 Å². The average molecular weight is 215 g/mol. The van der Waals surface area contributed by atoms with Crippen molar-refractivity contribution in [1.82, 2.24) is 4.90 Å². The molecule has 1 aliphatic rings. The zero-order valence-electron chi connectivity index (χ0n) is 8.65. The summed E-state index contributed by atoms with van der Waals surface area (Å²) in [5.74, 6) is -0.574. The van der Waals surface area contributed by atoms with Crippen molar-refractivity contribution in [2.24, 2.45) is 0 Å². The van der Waals surface area contributed by atoms with Crippen LogP contribution in [0.3, 0.4) is 0 Å². The van der Waals surface area contributed by atoms with Crippen molar-refractivity contribution in [2.45, 2.75) is 0 Å². The van der Waals surface area contributed by atoms with Gasteiger partial charge in [0.2, 0.25) is 5.91 Å². The lowest BCUT2D eigenvalue weighted by atomic mass is 10.1. The largest absolute Gasteiger partial charge is 0.332 e. The molecule has 1 aliphatic heterocycles. The third kappa shape index (κ3) is 1.50. The fourth-order valence-corrected chi connectivity index (χ4v) is 1.65. The average Bonchev–Trinajstić information content (AvgIpc) is 2.36. The number of nitriles is 1. The van der Waals surface area contributed by atoms with E-state index in [2.05, 4.69) is 5.32 Å². The highest BCUT2D eigenvalue weighted by molar-refractivity contribution is 6.09. The molecular weight excluding hydrogens is 206 g/mol. The number of carbonyl (C=O) groups is 2. The standard InChI is InChI=1S/C11H9N3O2/c1-14-6-9(15)13-8-4-2-3-7(5-12)10(8)11(14)16/h2-4H,6H2,1H3,(H,13,15). The quantitative estimate of drug-likeness (QED) is 0.688. The van der Waals surface area contributed by atoms with Gasteiger partial charge >= 0.3 is 0 Å². The predicted molar refractivity (Wildman–Crippen MR) is 56.7 cm³/mol. The molecule has 0 aromatic heterocycles. The summed E-state index contributed by atoms with van der Waals surface area (Å²) in [7, 11) is 1.53. The minimum Gasteiger partial charge on any atom is -0.332 e. The molecule has 0 fully saturated rings. The molecule has 0 unspecified atom stereocenters. The second-order valence-electron chi connectivity index (χ2n) is 3.55. The minimum atomic E-state index is -0.314. The van der Waals surface area contributed by atoms with Gasteiger partial charge in [0.05, 0.1) is 23.4 Å². The Balaban J connectivity index is 2.65. The zero-order valence-corrected chi connectivity index (χ0v) is 8.65. The number of nitrogens with zero attached hydrogens (tertiary/aromatic N) is 2. The van der Waals surface area contributed by atoms with Crippen LogP contribution in [0.25, 0.3) is 0 Å². The summed E-state index contributed by atoms with van der Waals surface area (Å²) in [5, 5.41) is 11.5. The van der Waals surface area contributed by atoms with E-state index in [0.717, 1.165) is 0 Å². The van der Waals surface area contributed by atoms with Crippen molar-refractivity contribution in [1.29, 1.82) is 5.26 Å². The van der Waals surface area contributed by atoms with Gasteiger partial charge in [-0.3, -0.25) is 9.59 Å². The summed E-state index contributed by atoms with van der Waals surface area (Å²) in [5.41, 5.74) is 0.938. The van der Waals surface area contributed by atoms with Crippen molar-refractivity contribution < 1.29 is 9.59 Å². The summed E-state index contributed by atoms with van der Waals surface area (Å²) >= 11 is 0. The maximum absolute atomic E-state index is 11.9. The van der Waals surface area contributed by atoms with Crippen LogP contribution in [-0.4, -0.2) is 30.3 Å². The van der Waals surface area contributed by atoms with Crippen LogP contribution < -0.4 is 5.32 Å². The molecule has 80 valence electrons. The number of hydrogen-bond acceptors (Lipinski definition) is 3. The molecule has 1 aromatic carbocycles. The smallest absolute Gasteiger partial charge is 0.257 e. The molecule has 2 amide bonds. The van der Waals surface area contributed by atoms with Crippen LogP contribution in [0.2, 0.25) is 0 Å². The second-order valence-corrected chi connectivity index (χ2v) is 3.55. The summed E-state index contributed by atoms with van der Waals surface area (Å²) < 4.78 is 0. The topological polar surface area (TPSA) is 73.2 Å². The van der Waals surface area contributed by atoms with Crippen LogP contribution in [0, 0.1) is 11.3 Å². The number of likely N-dealkylation sites (N-methyl/N-ethyl adjacent to an activating group) is 1. The highest BCUT2D eigenvalue weighted by Gasteiger charge is 2.25. The molecule has 0 saturated heterocycles. The Bertz CT molecular complexity index is 516. The molecule has 1 heterocycles. The minimum absolute atomic E-state index is 0.00161. The SMILES string of the molecule is CN1CC(=O)Nc2cccc(C#N)c2C1=O. The highest BCUT2D eigenvalue weighted by atomic mass is 16.2. The Kier molecular flexibility index (Phi) is 2.33. The molecule has 5 nitrogen and oxygen atoms in total. The zero-order chi connectivity index (χ0) is 11.7. The Labute approximate surface area is 92.3 Å². The molecule has 1 N–H and O–H groups in total. The maximum atomic E-state index is 11.9. The molecule has 0 bridgehead atoms. The number of benzene rings is 1. The first-order valence-electron chi connectivity index (χ1n) is 4.72. The Hall–Kier alpha value is -2.35. The van der Waals surface area contributed by atoms with E-state index in [9.17, 15) is 9.59 Å². The Morgan fingerprint density at radius 3 is 2.88 bits per heavy atom. The van der Waals surface area contributed by atoms with E-state index in [1.807, 2.05) is 6.07 Å². The number of fused-ring (bicyclic) bond motifs is 1. The second kappa shape index (κ2) is 3.66. The van der Waals surface area contributed by atoms with E-state index in [-0.39, 0.29) is 29.5 Å². The molecule has 2 rings (SSSR count). The van der Waals surface area contributed by atoms with E-state index in [1.165, 1.54) is 11.9 Å². The van der Waals surface area contributed by atoms with Crippen LogP contribution in [0.5, 0.6) is 0 Å². The van der Waals surface area contributed by atoms with Crippen LogP contribution in [0.15, 0.2) is 18.2 Å². The number of carbonyl (C=O) groups excluding carboxylic acids is 2. The van der Waals surface area contributed by atoms with Crippen molar-refractivity contribution in [3.05, 3.63) is 29.3 Å². The van der Waals surface area contributed by atoms with Crippen molar-refractivity contribution in [2.75, 3.05) is 18.9 Å².